The number of carbonyl (C=O) groups excluding carboxylic acids is 1. The summed E-state index contributed by atoms with van der Waals surface area (Å²) in [6.07, 6.45) is 4.52. The molecule has 6 heteroatoms. The molecule has 5 nitrogen and oxygen atoms in total. The van der Waals surface area contributed by atoms with E-state index in [0.717, 1.165) is 48.9 Å². The lowest BCUT2D eigenvalue weighted by Gasteiger charge is -2.40. The van der Waals surface area contributed by atoms with Gasteiger partial charge in [0.15, 0.2) is 5.60 Å². The van der Waals surface area contributed by atoms with E-state index in [-0.39, 0.29) is 12.0 Å². The van der Waals surface area contributed by atoms with E-state index in [4.69, 9.17) is 21.1 Å². The Morgan fingerprint density at radius 2 is 1.59 bits per heavy atom. The molecule has 192 valence electrons. The summed E-state index contributed by atoms with van der Waals surface area (Å²) in [5.41, 5.74) is 3.32. The normalized spacial score (nSPS) is 20.8. The van der Waals surface area contributed by atoms with Crippen LogP contribution in [0.1, 0.15) is 34.7 Å². The molecule has 0 saturated carbocycles. The molecule has 0 radical (unpaired) electrons. The third-order valence-corrected chi connectivity index (χ3v) is 7.69. The molecule has 3 aromatic carbocycles. The van der Waals surface area contributed by atoms with Gasteiger partial charge < -0.3 is 9.47 Å². The molecule has 2 aliphatic rings. The SMILES string of the molecule is COC(=O)C1(OCCN2CCN(C(c3ccccc3)c3ccc(Cl)cc3)CC2)CC=Cc2ccccc21. The first-order chi connectivity index (χ1) is 18.1. The van der Waals surface area contributed by atoms with Gasteiger partial charge in [0.1, 0.15) is 0 Å². The number of halogens is 1. The average Bonchev–Trinajstić information content (AvgIpc) is 2.95. The summed E-state index contributed by atoms with van der Waals surface area (Å²) < 4.78 is 11.6. The average molecular weight is 517 g/mol. The summed E-state index contributed by atoms with van der Waals surface area (Å²) >= 11 is 6.17. The molecule has 0 spiro atoms. The summed E-state index contributed by atoms with van der Waals surface area (Å²) in [5.74, 6) is -0.345. The van der Waals surface area contributed by atoms with Crippen molar-refractivity contribution in [1.82, 2.24) is 9.80 Å². The van der Waals surface area contributed by atoms with E-state index in [9.17, 15) is 4.79 Å². The van der Waals surface area contributed by atoms with E-state index in [0.29, 0.717) is 13.0 Å². The van der Waals surface area contributed by atoms with Crippen LogP contribution in [-0.2, 0) is 19.9 Å². The van der Waals surface area contributed by atoms with Crippen molar-refractivity contribution < 1.29 is 14.3 Å². The van der Waals surface area contributed by atoms with E-state index in [1.165, 1.54) is 18.2 Å². The van der Waals surface area contributed by atoms with Crippen LogP contribution in [-0.4, -0.2) is 62.2 Å². The van der Waals surface area contributed by atoms with E-state index in [2.05, 4.69) is 52.3 Å². The molecule has 0 N–H and O–H groups in total. The number of piperazine rings is 1. The van der Waals surface area contributed by atoms with Crippen LogP contribution in [0.3, 0.4) is 0 Å². The van der Waals surface area contributed by atoms with Gasteiger partial charge in [-0.1, -0.05) is 90.5 Å². The molecule has 5 rings (SSSR count). The zero-order valence-corrected chi connectivity index (χ0v) is 21.9. The standard InChI is InChI=1S/C31H33ClN2O3/c1-36-30(35)31(17-7-11-24-8-5-6-12-28(24)31)37-23-22-33-18-20-34(21-19-33)29(25-9-3-2-4-10-25)26-13-15-27(32)16-14-26/h2-16,29H,17-23H2,1H3. The molecule has 1 fully saturated rings. The van der Waals surface area contributed by atoms with Crippen molar-refractivity contribution in [2.75, 3.05) is 46.4 Å². The second-order valence-corrected chi connectivity index (χ2v) is 10.0. The van der Waals surface area contributed by atoms with Gasteiger partial charge in [0, 0.05) is 49.7 Å². The Morgan fingerprint density at radius 3 is 2.32 bits per heavy atom. The van der Waals surface area contributed by atoms with Gasteiger partial charge in [0.05, 0.1) is 19.8 Å². The number of hydrogen-bond acceptors (Lipinski definition) is 5. The second kappa shape index (κ2) is 11.6. The van der Waals surface area contributed by atoms with E-state index >= 15 is 0 Å². The fourth-order valence-electron chi connectivity index (χ4n) is 5.51. The molecule has 2 atom stereocenters. The highest BCUT2D eigenvalue weighted by molar-refractivity contribution is 6.30. The van der Waals surface area contributed by atoms with Crippen LogP contribution in [0, 0.1) is 0 Å². The summed E-state index contributed by atoms with van der Waals surface area (Å²) in [6, 6.07) is 26.9. The maximum atomic E-state index is 12.9. The second-order valence-electron chi connectivity index (χ2n) is 9.60. The molecule has 1 heterocycles. The van der Waals surface area contributed by atoms with Gasteiger partial charge in [0.2, 0.25) is 0 Å². The Labute approximate surface area is 224 Å². The lowest BCUT2D eigenvalue weighted by atomic mass is 9.82. The van der Waals surface area contributed by atoms with Gasteiger partial charge >= 0.3 is 5.97 Å². The molecule has 1 aliphatic heterocycles. The number of carbonyl (C=O) groups is 1. The van der Waals surface area contributed by atoms with Gasteiger partial charge in [-0.05, 0) is 28.8 Å². The molecule has 3 aromatic rings. The van der Waals surface area contributed by atoms with Crippen LogP contribution in [0.15, 0.2) is 84.9 Å². The first-order valence-corrected chi connectivity index (χ1v) is 13.2. The lowest BCUT2D eigenvalue weighted by molar-refractivity contribution is -0.172. The number of methoxy groups -OCH3 is 1. The van der Waals surface area contributed by atoms with E-state index < -0.39 is 5.60 Å². The van der Waals surface area contributed by atoms with Gasteiger partial charge in [0.25, 0.3) is 0 Å². The van der Waals surface area contributed by atoms with Crippen LogP contribution < -0.4 is 0 Å². The molecule has 0 amide bonds. The van der Waals surface area contributed by atoms with E-state index in [1.54, 1.807) is 0 Å². The summed E-state index contributed by atoms with van der Waals surface area (Å²) in [7, 11) is 1.43. The van der Waals surface area contributed by atoms with Gasteiger partial charge in [-0.2, -0.15) is 0 Å². The molecule has 0 aromatic heterocycles. The zero-order valence-electron chi connectivity index (χ0n) is 21.2. The fraction of sp³-hybridized carbons (Fsp3) is 0.323. The fourth-order valence-corrected chi connectivity index (χ4v) is 5.64. The molecule has 2 unspecified atom stereocenters. The highest BCUT2D eigenvalue weighted by atomic mass is 35.5. The summed E-state index contributed by atoms with van der Waals surface area (Å²) in [5, 5.41) is 0.751. The minimum absolute atomic E-state index is 0.185. The highest BCUT2D eigenvalue weighted by Crippen LogP contribution is 2.38. The molecule has 37 heavy (non-hydrogen) atoms. The minimum Gasteiger partial charge on any atom is -0.467 e. The maximum absolute atomic E-state index is 12.9. The predicted octanol–water partition coefficient (Wildman–Crippen LogP) is 5.55. The van der Waals surface area contributed by atoms with Crippen LogP contribution in [0.25, 0.3) is 6.08 Å². The van der Waals surface area contributed by atoms with Crippen molar-refractivity contribution in [3.05, 3.63) is 112 Å². The van der Waals surface area contributed by atoms with Crippen LogP contribution in [0.4, 0.5) is 0 Å². The van der Waals surface area contributed by atoms with Crippen molar-refractivity contribution in [3.63, 3.8) is 0 Å². The highest BCUT2D eigenvalue weighted by Gasteiger charge is 2.44. The zero-order chi connectivity index (χ0) is 25.7. The molecular weight excluding hydrogens is 484 g/mol. The van der Waals surface area contributed by atoms with Crippen molar-refractivity contribution in [1.29, 1.82) is 0 Å². The van der Waals surface area contributed by atoms with Gasteiger partial charge in [-0.3, -0.25) is 9.80 Å². The minimum atomic E-state index is -1.09. The van der Waals surface area contributed by atoms with Crippen molar-refractivity contribution in [2.45, 2.75) is 18.1 Å². The Hall–Kier alpha value is -2.96. The summed E-state index contributed by atoms with van der Waals surface area (Å²) in [6.45, 7) is 4.96. The Kier molecular flexibility index (Phi) is 8.06. The molecule has 0 bridgehead atoms. The Morgan fingerprint density at radius 1 is 0.919 bits per heavy atom. The van der Waals surface area contributed by atoms with Crippen molar-refractivity contribution in [3.8, 4) is 0 Å². The lowest BCUT2D eigenvalue weighted by Crippen LogP contribution is -2.49. The molecule has 1 saturated heterocycles. The van der Waals surface area contributed by atoms with Crippen molar-refractivity contribution in [2.24, 2.45) is 0 Å². The third kappa shape index (κ3) is 5.51. The monoisotopic (exact) mass is 516 g/mol. The predicted molar refractivity (Wildman–Crippen MR) is 147 cm³/mol. The number of esters is 1. The Bertz CT molecular complexity index is 1220. The van der Waals surface area contributed by atoms with Crippen LogP contribution in [0.2, 0.25) is 5.02 Å². The number of hydrogen-bond donors (Lipinski definition) is 0. The van der Waals surface area contributed by atoms with E-state index in [1.807, 2.05) is 48.6 Å². The first kappa shape index (κ1) is 25.7. The molecule has 1 aliphatic carbocycles. The van der Waals surface area contributed by atoms with Gasteiger partial charge in [-0.25, -0.2) is 4.79 Å². The summed E-state index contributed by atoms with van der Waals surface area (Å²) in [4.78, 5) is 17.9. The first-order valence-electron chi connectivity index (χ1n) is 12.9. The van der Waals surface area contributed by atoms with Crippen LogP contribution in [0.5, 0.6) is 0 Å². The Balaban J connectivity index is 1.23. The number of ether oxygens (including phenoxy) is 2. The number of fused-ring (bicyclic) bond motifs is 1. The largest absolute Gasteiger partial charge is 0.467 e. The third-order valence-electron chi connectivity index (χ3n) is 7.44. The number of nitrogens with zero attached hydrogens (tertiary/aromatic N) is 2. The molecular formula is C31H33ClN2O3. The number of benzene rings is 3. The maximum Gasteiger partial charge on any atom is 0.343 e. The quantitative estimate of drug-likeness (QED) is 0.367. The van der Waals surface area contributed by atoms with Gasteiger partial charge in [-0.15, -0.1) is 0 Å². The topological polar surface area (TPSA) is 42.0 Å². The smallest absolute Gasteiger partial charge is 0.343 e. The van der Waals surface area contributed by atoms with Crippen molar-refractivity contribution >= 4 is 23.6 Å². The number of rotatable bonds is 8. The van der Waals surface area contributed by atoms with Crippen LogP contribution >= 0.6 is 11.6 Å².